The van der Waals surface area contributed by atoms with Gasteiger partial charge in [0.05, 0.1) is 12.7 Å². The molecule has 0 radical (unpaired) electrons. The fourth-order valence-corrected chi connectivity index (χ4v) is 2.69. The first-order valence-corrected chi connectivity index (χ1v) is 7.61. The molecule has 1 aliphatic rings. The van der Waals surface area contributed by atoms with Gasteiger partial charge in [0.25, 0.3) is 0 Å². The minimum Gasteiger partial charge on any atom is -0.380 e. The summed E-state index contributed by atoms with van der Waals surface area (Å²) in [6.45, 7) is 9.06. The predicted octanol–water partition coefficient (Wildman–Crippen LogP) is 2.38. The average Bonchev–Trinajstić information content (AvgIpc) is 2.35. The molecule has 0 aromatic heterocycles. The van der Waals surface area contributed by atoms with Gasteiger partial charge in [0.1, 0.15) is 4.75 Å². The van der Waals surface area contributed by atoms with Gasteiger partial charge in [-0.25, -0.2) is 0 Å². The molecular formula is C13H24N2OS. The Morgan fingerprint density at radius 2 is 2.06 bits per heavy atom. The maximum Gasteiger partial charge on any atom is 0.104 e. The van der Waals surface area contributed by atoms with E-state index in [1.54, 1.807) is 11.8 Å². The van der Waals surface area contributed by atoms with Gasteiger partial charge >= 0.3 is 0 Å². The molecule has 3 nitrogen and oxygen atoms in total. The second-order valence-corrected chi connectivity index (χ2v) is 6.31. The summed E-state index contributed by atoms with van der Waals surface area (Å²) in [7, 11) is 0. The Hall–Kier alpha value is -0.240. The molecule has 1 saturated heterocycles. The van der Waals surface area contributed by atoms with Crippen LogP contribution in [0.1, 0.15) is 26.7 Å². The smallest absolute Gasteiger partial charge is 0.104 e. The van der Waals surface area contributed by atoms with Crippen molar-refractivity contribution in [2.75, 3.05) is 39.1 Å². The van der Waals surface area contributed by atoms with Crippen LogP contribution in [0.4, 0.5) is 0 Å². The van der Waals surface area contributed by atoms with Crippen LogP contribution < -0.4 is 0 Å². The molecule has 0 unspecified atom stereocenters. The fourth-order valence-electron chi connectivity index (χ4n) is 2.01. The zero-order valence-electron chi connectivity index (χ0n) is 11.2. The maximum absolute atomic E-state index is 9.19. The van der Waals surface area contributed by atoms with E-state index in [-0.39, 0.29) is 4.75 Å². The number of nitrogens with zero attached hydrogens (tertiary/aromatic N) is 2. The molecule has 0 bridgehead atoms. The van der Waals surface area contributed by atoms with Crippen LogP contribution in [0, 0.1) is 17.2 Å². The highest BCUT2D eigenvalue weighted by atomic mass is 32.2. The number of thioether (sulfide) groups is 1. The fraction of sp³-hybridized carbons (Fsp3) is 0.923. The van der Waals surface area contributed by atoms with Crippen LogP contribution in [0.15, 0.2) is 0 Å². The van der Waals surface area contributed by atoms with E-state index in [0.29, 0.717) is 5.92 Å². The van der Waals surface area contributed by atoms with E-state index in [2.05, 4.69) is 24.8 Å². The lowest BCUT2D eigenvalue weighted by molar-refractivity contribution is 0.0786. The first-order chi connectivity index (χ1) is 8.12. The number of nitriles is 1. The Bertz CT molecular complexity index is 255. The van der Waals surface area contributed by atoms with E-state index in [9.17, 15) is 5.26 Å². The van der Waals surface area contributed by atoms with Crippen molar-refractivity contribution in [1.82, 2.24) is 4.90 Å². The van der Waals surface area contributed by atoms with Crippen molar-refractivity contribution in [1.29, 1.82) is 5.26 Å². The van der Waals surface area contributed by atoms with Crippen LogP contribution in [-0.4, -0.2) is 48.8 Å². The molecule has 1 rings (SSSR count). The minimum atomic E-state index is -0.130. The third-order valence-corrected chi connectivity index (χ3v) is 4.54. The Kier molecular flexibility index (Phi) is 6.32. The molecule has 0 aliphatic carbocycles. The molecule has 0 aromatic carbocycles. The molecule has 98 valence electrons. The van der Waals surface area contributed by atoms with E-state index >= 15 is 0 Å². The molecule has 0 N–H and O–H groups in total. The largest absolute Gasteiger partial charge is 0.380 e. The standard InChI is InChI=1S/C13H24N2OS/c1-12(2)10-16-9-8-15-6-4-13(11-14,17-3)5-7-15/h12H,4-10H2,1-3H3. The highest BCUT2D eigenvalue weighted by Gasteiger charge is 2.33. The molecule has 0 amide bonds. The lowest BCUT2D eigenvalue weighted by Crippen LogP contribution is -2.42. The van der Waals surface area contributed by atoms with Crippen molar-refractivity contribution in [2.24, 2.45) is 5.92 Å². The second-order valence-electron chi connectivity index (χ2n) is 5.12. The van der Waals surface area contributed by atoms with E-state index in [1.807, 2.05) is 6.26 Å². The van der Waals surface area contributed by atoms with Gasteiger partial charge < -0.3 is 9.64 Å². The van der Waals surface area contributed by atoms with Crippen LogP contribution in [0.3, 0.4) is 0 Å². The number of ether oxygens (including phenoxy) is 1. The molecule has 1 fully saturated rings. The zero-order chi connectivity index (χ0) is 12.7. The third-order valence-electron chi connectivity index (χ3n) is 3.26. The predicted molar refractivity (Wildman–Crippen MR) is 73.2 cm³/mol. The van der Waals surface area contributed by atoms with Gasteiger partial charge in [-0.1, -0.05) is 13.8 Å². The van der Waals surface area contributed by atoms with Gasteiger partial charge in [-0.15, -0.1) is 11.8 Å². The second kappa shape index (κ2) is 7.25. The van der Waals surface area contributed by atoms with Gasteiger partial charge in [0.2, 0.25) is 0 Å². The van der Waals surface area contributed by atoms with Crippen LogP contribution in [-0.2, 0) is 4.74 Å². The summed E-state index contributed by atoms with van der Waals surface area (Å²) >= 11 is 1.71. The number of hydrogen-bond donors (Lipinski definition) is 0. The van der Waals surface area contributed by atoms with Crippen LogP contribution >= 0.6 is 11.8 Å². The van der Waals surface area contributed by atoms with Gasteiger partial charge in [-0.2, -0.15) is 5.26 Å². The molecule has 1 heterocycles. The summed E-state index contributed by atoms with van der Waals surface area (Å²) < 4.78 is 5.46. The molecule has 0 aromatic rings. The van der Waals surface area contributed by atoms with Crippen molar-refractivity contribution < 1.29 is 4.74 Å². The van der Waals surface area contributed by atoms with Gasteiger partial charge in [-0.3, -0.25) is 0 Å². The number of rotatable bonds is 6. The normalized spacial score (nSPS) is 20.4. The zero-order valence-corrected chi connectivity index (χ0v) is 12.1. The monoisotopic (exact) mass is 256 g/mol. The molecule has 4 heteroatoms. The first kappa shape index (κ1) is 14.8. The Balaban J connectivity index is 2.17. The van der Waals surface area contributed by atoms with Crippen molar-refractivity contribution in [3.8, 4) is 6.07 Å². The Morgan fingerprint density at radius 1 is 1.41 bits per heavy atom. The quantitative estimate of drug-likeness (QED) is 0.684. The minimum absolute atomic E-state index is 0.130. The number of likely N-dealkylation sites (tertiary alicyclic amines) is 1. The van der Waals surface area contributed by atoms with Crippen molar-refractivity contribution in [3.63, 3.8) is 0 Å². The Morgan fingerprint density at radius 3 is 2.53 bits per heavy atom. The average molecular weight is 256 g/mol. The Labute approximate surface area is 110 Å². The van der Waals surface area contributed by atoms with Crippen molar-refractivity contribution in [3.05, 3.63) is 0 Å². The van der Waals surface area contributed by atoms with E-state index in [4.69, 9.17) is 4.74 Å². The van der Waals surface area contributed by atoms with E-state index < -0.39 is 0 Å². The summed E-state index contributed by atoms with van der Waals surface area (Å²) in [6.07, 6.45) is 4.01. The SMILES string of the molecule is CSC1(C#N)CCN(CCOCC(C)C)CC1. The highest BCUT2D eigenvalue weighted by Crippen LogP contribution is 2.33. The van der Waals surface area contributed by atoms with Gasteiger partial charge in [-0.05, 0) is 25.0 Å². The summed E-state index contributed by atoms with van der Waals surface area (Å²) in [4.78, 5) is 2.41. The molecule has 0 atom stereocenters. The van der Waals surface area contributed by atoms with Crippen LogP contribution in [0.2, 0.25) is 0 Å². The summed E-state index contributed by atoms with van der Waals surface area (Å²) in [5.41, 5.74) is 0. The van der Waals surface area contributed by atoms with Crippen molar-refractivity contribution in [2.45, 2.75) is 31.4 Å². The lowest BCUT2D eigenvalue weighted by atomic mass is 9.97. The lowest BCUT2D eigenvalue weighted by Gasteiger charge is -2.36. The summed E-state index contributed by atoms with van der Waals surface area (Å²) in [6, 6.07) is 2.47. The molecule has 1 aliphatic heterocycles. The van der Waals surface area contributed by atoms with Crippen LogP contribution in [0.5, 0.6) is 0 Å². The number of hydrogen-bond acceptors (Lipinski definition) is 4. The summed E-state index contributed by atoms with van der Waals surface area (Å²) in [5.74, 6) is 0.610. The molecule has 17 heavy (non-hydrogen) atoms. The van der Waals surface area contributed by atoms with E-state index in [1.165, 1.54) is 0 Å². The highest BCUT2D eigenvalue weighted by molar-refractivity contribution is 8.00. The van der Waals surface area contributed by atoms with Crippen molar-refractivity contribution >= 4 is 11.8 Å². The van der Waals surface area contributed by atoms with Gasteiger partial charge in [0, 0.05) is 26.2 Å². The van der Waals surface area contributed by atoms with Gasteiger partial charge in [0.15, 0.2) is 0 Å². The summed E-state index contributed by atoms with van der Waals surface area (Å²) in [5, 5.41) is 9.19. The maximum atomic E-state index is 9.19. The molecule has 0 saturated carbocycles. The molecular weight excluding hydrogens is 232 g/mol. The van der Waals surface area contributed by atoms with E-state index in [0.717, 1.165) is 45.7 Å². The topological polar surface area (TPSA) is 36.3 Å². The first-order valence-electron chi connectivity index (χ1n) is 6.38. The molecule has 0 spiro atoms. The van der Waals surface area contributed by atoms with Crippen LogP contribution in [0.25, 0.3) is 0 Å². The number of piperidine rings is 1. The third kappa shape index (κ3) is 4.87.